The molecule has 0 saturated heterocycles. The van der Waals surface area contributed by atoms with Gasteiger partial charge in [-0.3, -0.25) is 9.59 Å². The minimum atomic E-state index is -4.56. The summed E-state index contributed by atoms with van der Waals surface area (Å²) in [5, 5.41) is 6.79. The molecule has 0 bridgehead atoms. The third kappa shape index (κ3) is 6.31. The molecule has 0 saturated carbocycles. The van der Waals surface area contributed by atoms with Crippen LogP contribution in [0.1, 0.15) is 18.4 Å². The van der Waals surface area contributed by atoms with Crippen LogP contribution in [0.15, 0.2) is 53.3 Å². The molecule has 1 amide bonds. The number of carbonyl (C=O) groups is 1. The van der Waals surface area contributed by atoms with E-state index in [1.165, 1.54) is 32.1 Å². The van der Waals surface area contributed by atoms with Crippen molar-refractivity contribution >= 4 is 11.6 Å². The van der Waals surface area contributed by atoms with Gasteiger partial charge in [-0.1, -0.05) is 0 Å². The highest BCUT2D eigenvalue weighted by Gasteiger charge is 2.31. The molecule has 11 heteroatoms. The Hall–Kier alpha value is -4.02. The summed E-state index contributed by atoms with van der Waals surface area (Å²) in [7, 11) is 4.33. The third-order valence-corrected chi connectivity index (χ3v) is 5.12. The van der Waals surface area contributed by atoms with Crippen molar-refractivity contribution in [2.75, 3.05) is 26.6 Å². The maximum atomic E-state index is 13.0. The SMILES string of the molecule is COc1ccc(C(F)(F)F)cc1NC(=O)CCCn1nc(-c2ccc(OC)c(OC)c2)ccc1=O. The quantitative estimate of drug-likeness (QED) is 0.478. The molecule has 0 radical (unpaired) electrons. The molecular weight excluding hydrogens is 467 g/mol. The zero-order chi connectivity index (χ0) is 25.6. The maximum absolute atomic E-state index is 13.0. The average Bonchev–Trinajstić information content (AvgIpc) is 2.84. The number of methoxy groups -OCH3 is 3. The van der Waals surface area contributed by atoms with Crippen LogP contribution in [-0.4, -0.2) is 37.0 Å². The first-order valence-electron chi connectivity index (χ1n) is 10.5. The van der Waals surface area contributed by atoms with Crippen molar-refractivity contribution in [1.82, 2.24) is 9.78 Å². The molecular formula is C24H24F3N3O5. The van der Waals surface area contributed by atoms with Crippen molar-refractivity contribution in [2.24, 2.45) is 0 Å². The summed E-state index contributed by atoms with van der Waals surface area (Å²) in [6.07, 6.45) is -4.37. The fraction of sp³-hybridized carbons (Fsp3) is 0.292. The van der Waals surface area contributed by atoms with E-state index in [0.717, 1.165) is 18.2 Å². The number of carbonyl (C=O) groups excluding carboxylic acids is 1. The number of hydrogen-bond acceptors (Lipinski definition) is 6. The first-order valence-corrected chi connectivity index (χ1v) is 10.5. The molecule has 0 aliphatic rings. The maximum Gasteiger partial charge on any atom is 0.416 e. The van der Waals surface area contributed by atoms with Crippen LogP contribution < -0.4 is 25.1 Å². The monoisotopic (exact) mass is 491 g/mol. The molecule has 0 spiro atoms. The standard InChI is InChI=1S/C24H24F3N3O5/c1-33-19-10-7-16(24(25,26)27)14-18(19)28-22(31)5-4-12-30-23(32)11-8-17(29-30)15-6-9-20(34-2)21(13-15)35-3/h6-11,13-14H,4-5,12H2,1-3H3,(H,28,31). The van der Waals surface area contributed by atoms with Gasteiger partial charge in [-0.2, -0.15) is 18.3 Å². The van der Waals surface area contributed by atoms with Crippen LogP contribution >= 0.6 is 0 Å². The summed E-state index contributed by atoms with van der Waals surface area (Å²) in [4.78, 5) is 24.6. The van der Waals surface area contributed by atoms with Gasteiger partial charge < -0.3 is 19.5 Å². The predicted octanol–water partition coefficient (Wildman–Crippen LogP) is 4.37. The second-order valence-electron chi connectivity index (χ2n) is 7.41. The van der Waals surface area contributed by atoms with Crippen LogP contribution in [-0.2, 0) is 17.5 Å². The van der Waals surface area contributed by atoms with E-state index in [1.807, 2.05) is 0 Å². The van der Waals surface area contributed by atoms with Crippen LogP contribution in [0.25, 0.3) is 11.3 Å². The molecule has 8 nitrogen and oxygen atoms in total. The Balaban J connectivity index is 1.68. The summed E-state index contributed by atoms with van der Waals surface area (Å²) in [6.45, 7) is 0.132. The Labute approximate surface area is 199 Å². The van der Waals surface area contributed by atoms with Crippen molar-refractivity contribution in [3.63, 3.8) is 0 Å². The lowest BCUT2D eigenvalue weighted by atomic mass is 10.1. The van der Waals surface area contributed by atoms with Gasteiger partial charge in [-0.15, -0.1) is 0 Å². The number of anilines is 1. The summed E-state index contributed by atoms with van der Waals surface area (Å²) in [5.74, 6) is 0.637. The number of benzene rings is 2. The van der Waals surface area contributed by atoms with Crippen molar-refractivity contribution < 1.29 is 32.2 Å². The van der Waals surface area contributed by atoms with E-state index in [-0.39, 0.29) is 36.4 Å². The Kier molecular flexibility index (Phi) is 8.00. The molecule has 0 aliphatic carbocycles. The van der Waals surface area contributed by atoms with Gasteiger partial charge in [0.2, 0.25) is 5.91 Å². The van der Waals surface area contributed by atoms with Crippen LogP contribution in [0.3, 0.4) is 0 Å². The number of ether oxygens (including phenoxy) is 3. The van der Waals surface area contributed by atoms with Gasteiger partial charge in [-0.05, 0) is 48.9 Å². The van der Waals surface area contributed by atoms with Crippen LogP contribution in [0.4, 0.5) is 18.9 Å². The zero-order valence-electron chi connectivity index (χ0n) is 19.3. The smallest absolute Gasteiger partial charge is 0.416 e. The number of amides is 1. The number of nitrogens with zero attached hydrogens (tertiary/aromatic N) is 2. The molecule has 0 unspecified atom stereocenters. The van der Waals surface area contributed by atoms with Gasteiger partial charge in [0, 0.05) is 24.6 Å². The topological polar surface area (TPSA) is 91.7 Å². The lowest BCUT2D eigenvalue weighted by molar-refractivity contribution is -0.137. The molecule has 1 heterocycles. The lowest BCUT2D eigenvalue weighted by Gasteiger charge is -2.14. The van der Waals surface area contributed by atoms with Crippen LogP contribution in [0.2, 0.25) is 0 Å². The minimum Gasteiger partial charge on any atom is -0.495 e. The first-order chi connectivity index (χ1) is 16.7. The molecule has 1 aromatic heterocycles. The largest absolute Gasteiger partial charge is 0.495 e. The summed E-state index contributed by atoms with van der Waals surface area (Å²) in [6, 6.07) is 11.0. The highest BCUT2D eigenvalue weighted by Crippen LogP contribution is 2.35. The van der Waals surface area contributed by atoms with E-state index in [4.69, 9.17) is 14.2 Å². The van der Waals surface area contributed by atoms with Gasteiger partial charge in [0.05, 0.1) is 38.3 Å². The molecule has 1 N–H and O–H groups in total. The second-order valence-corrected chi connectivity index (χ2v) is 7.41. The van der Waals surface area contributed by atoms with E-state index in [2.05, 4.69) is 10.4 Å². The second kappa shape index (κ2) is 10.9. The van der Waals surface area contributed by atoms with E-state index in [9.17, 15) is 22.8 Å². The number of halogens is 3. The molecule has 2 aromatic carbocycles. The summed E-state index contributed by atoms with van der Waals surface area (Å²) < 4.78 is 55.8. The van der Waals surface area contributed by atoms with Crippen molar-refractivity contribution in [1.29, 1.82) is 0 Å². The van der Waals surface area contributed by atoms with E-state index < -0.39 is 17.6 Å². The molecule has 0 fully saturated rings. The first kappa shape index (κ1) is 25.6. The number of rotatable bonds is 9. The Bertz CT molecular complexity index is 1260. The van der Waals surface area contributed by atoms with Gasteiger partial charge in [0.15, 0.2) is 11.5 Å². The average molecular weight is 491 g/mol. The number of aryl methyl sites for hydroxylation is 1. The minimum absolute atomic E-state index is 0.0475. The number of hydrogen-bond donors (Lipinski definition) is 1. The van der Waals surface area contributed by atoms with E-state index >= 15 is 0 Å². The van der Waals surface area contributed by atoms with Gasteiger partial charge in [0.25, 0.3) is 5.56 Å². The van der Waals surface area contributed by atoms with Gasteiger partial charge in [0.1, 0.15) is 5.75 Å². The van der Waals surface area contributed by atoms with Gasteiger partial charge in [-0.25, -0.2) is 4.68 Å². The predicted molar refractivity (Wildman–Crippen MR) is 123 cm³/mol. The number of aromatic nitrogens is 2. The molecule has 35 heavy (non-hydrogen) atoms. The van der Waals surface area contributed by atoms with Gasteiger partial charge >= 0.3 is 6.18 Å². The molecule has 186 valence electrons. The Morgan fingerprint density at radius 3 is 2.29 bits per heavy atom. The van der Waals surface area contributed by atoms with Crippen molar-refractivity contribution in [3.8, 4) is 28.5 Å². The highest BCUT2D eigenvalue weighted by atomic mass is 19.4. The molecule has 0 aliphatic heterocycles. The van der Waals surface area contributed by atoms with Crippen LogP contribution in [0.5, 0.6) is 17.2 Å². The third-order valence-electron chi connectivity index (χ3n) is 5.12. The number of alkyl halides is 3. The van der Waals surface area contributed by atoms with E-state index in [1.54, 1.807) is 24.3 Å². The lowest BCUT2D eigenvalue weighted by Crippen LogP contribution is -2.23. The number of nitrogens with one attached hydrogen (secondary N) is 1. The summed E-state index contributed by atoms with van der Waals surface area (Å²) in [5.41, 5.74) is -0.127. The normalized spacial score (nSPS) is 11.1. The van der Waals surface area contributed by atoms with Crippen LogP contribution in [0, 0.1) is 0 Å². The molecule has 3 rings (SSSR count). The Morgan fingerprint density at radius 1 is 0.943 bits per heavy atom. The van der Waals surface area contributed by atoms with Crippen molar-refractivity contribution in [3.05, 3.63) is 64.4 Å². The van der Waals surface area contributed by atoms with Crippen molar-refractivity contribution in [2.45, 2.75) is 25.6 Å². The zero-order valence-corrected chi connectivity index (χ0v) is 19.3. The Morgan fingerprint density at radius 2 is 1.63 bits per heavy atom. The molecule has 3 aromatic rings. The fourth-order valence-electron chi connectivity index (χ4n) is 3.34. The fourth-order valence-corrected chi connectivity index (χ4v) is 3.34. The summed E-state index contributed by atoms with van der Waals surface area (Å²) >= 11 is 0. The van der Waals surface area contributed by atoms with E-state index in [0.29, 0.717) is 22.8 Å². The molecule has 0 atom stereocenters. The highest BCUT2D eigenvalue weighted by molar-refractivity contribution is 5.92.